The molecule has 7 nitrogen and oxygen atoms in total. The van der Waals surface area contributed by atoms with E-state index in [-0.39, 0.29) is 30.0 Å². The minimum Gasteiger partial charge on any atom is -0.444 e. The molecule has 0 unspecified atom stereocenters. The van der Waals surface area contributed by atoms with Crippen LogP contribution in [0.5, 0.6) is 0 Å². The maximum Gasteiger partial charge on any atom is 0.410 e. The van der Waals surface area contributed by atoms with Crippen LogP contribution >= 0.6 is 0 Å². The Balaban J connectivity index is 1.12. The molecule has 5 rings (SSSR count). The standard InChI is InChI=1S/C37H44N4O3/c1-25(2)26(3)35(42)40-19-9-13-33(40)31-21-28(23-38-31)12-8-7-11-27-15-17-29(18-16-27)30-22-32(39-24-30)34-14-10-20-41(34)36(43)44-37(4,5)6/h15-18,23-26,33-34H,9-10,13-14,19-22H2,1-6H3/t26-,33-,34-/m0/s1. The van der Waals surface area contributed by atoms with Crippen LogP contribution in [0.1, 0.15) is 91.2 Å². The zero-order valence-electron chi connectivity index (χ0n) is 26.9. The Morgan fingerprint density at radius 3 is 2.16 bits per heavy atom. The lowest BCUT2D eigenvalue weighted by Crippen LogP contribution is -2.43. The summed E-state index contributed by atoms with van der Waals surface area (Å²) < 4.78 is 5.63. The normalized spacial score (nSPS) is 22.0. The number of rotatable bonds is 5. The van der Waals surface area contributed by atoms with E-state index in [0.717, 1.165) is 72.3 Å². The van der Waals surface area contributed by atoms with Gasteiger partial charge in [0.2, 0.25) is 5.91 Å². The van der Waals surface area contributed by atoms with Gasteiger partial charge in [-0.25, -0.2) is 4.79 Å². The fraction of sp³-hybridized carbons (Fsp3) is 0.514. The second-order valence-corrected chi connectivity index (χ2v) is 13.5. The van der Waals surface area contributed by atoms with E-state index in [2.05, 4.69) is 54.7 Å². The number of benzene rings is 1. The van der Waals surface area contributed by atoms with E-state index >= 15 is 0 Å². The first kappa shape index (κ1) is 31.3. The van der Waals surface area contributed by atoms with Gasteiger partial charge in [-0.05, 0) is 87.5 Å². The van der Waals surface area contributed by atoms with Crippen molar-refractivity contribution in [2.24, 2.45) is 21.8 Å². The van der Waals surface area contributed by atoms with E-state index in [1.807, 2.05) is 62.0 Å². The van der Waals surface area contributed by atoms with Crippen LogP contribution in [0.25, 0.3) is 5.57 Å². The maximum atomic E-state index is 13.0. The molecule has 0 bridgehead atoms. The van der Waals surface area contributed by atoms with E-state index in [1.165, 1.54) is 0 Å². The minimum absolute atomic E-state index is 0.00746. The minimum atomic E-state index is -0.515. The molecule has 2 amide bonds. The number of ether oxygens (including phenoxy) is 1. The summed E-state index contributed by atoms with van der Waals surface area (Å²) in [6, 6.07) is 8.22. The van der Waals surface area contributed by atoms with Gasteiger partial charge in [0.1, 0.15) is 5.60 Å². The highest BCUT2D eigenvalue weighted by Gasteiger charge is 2.37. The predicted octanol–water partition coefficient (Wildman–Crippen LogP) is 6.64. The molecule has 7 heteroatoms. The molecule has 2 saturated heterocycles. The molecular weight excluding hydrogens is 548 g/mol. The van der Waals surface area contributed by atoms with E-state index in [9.17, 15) is 9.59 Å². The van der Waals surface area contributed by atoms with Crippen LogP contribution in [-0.2, 0) is 9.53 Å². The van der Waals surface area contributed by atoms with Gasteiger partial charge in [0.25, 0.3) is 0 Å². The molecule has 4 aliphatic rings. The molecule has 4 aliphatic heterocycles. The average molecular weight is 593 g/mol. The molecule has 4 heterocycles. The van der Waals surface area contributed by atoms with Crippen LogP contribution in [0, 0.1) is 35.5 Å². The number of likely N-dealkylation sites (tertiary alicyclic amines) is 2. The van der Waals surface area contributed by atoms with Crippen molar-refractivity contribution < 1.29 is 14.3 Å². The van der Waals surface area contributed by atoms with Crippen molar-refractivity contribution in [3.8, 4) is 23.7 Å². The summed E-state index contributed by atoms with van der Waals surface area (Å²) in [5.74, 6) is 12.8. The van der Waals surface area contributed by atoms with Crippen molar-refractivity contribution in [3.05, 3.63) is 53.4 Å². The van der Waals surface area contributed by atoms with Crippen molar-refractivity contribution in [1.29, 1.82) is 0 Å². The molecule has 0 saturated carbocycles. The second kappa shape index (κ2) is 13.3. The summed E-state index contributed by atoms with van der Waals surface area (Å²) >= 11 is 0. The van der Waals surface area contributed by atoms with Gasteiger partial charge in [-0.2, -0.15) is 0 Å². The van der Waals surface area contributed by atoms with Crippen LogP contribution in [0.4, 0.5) is 4.79 Å². The van der Waals surface area contributed by atoms with Gasteiger partial charge in [-0.3, -0.25) is 19.7 Å². The molecule has 230 valence electrons. The quantitative estimate of drug-likeness (QED) is 0.360. The third-order valence-electron chi connectivity index (χ3n) is 8.84. The lowest BCUT2D eigenvalue weighted by molar-refractivity contribution is -0.136. The molecular formula is C37H44N4O3. The smallest absolute Gasteiger partial charge is 0.410 e. The van der Waals surface area contributed by atoms with Crippen LogP contribution in [-0.4, -0.2) is 64.0 Å². The van der Waals surface area contributed by atoms with Crippen LogP contribution in [0.3, 0.4) is 0 Å². The zero-order valence-corrected chi connectivity index (χ0v) is 26.9. The third kappa shape index (κ3) is 7.33. The van der Waals surface area contributed by atoms with Gasteiger partial charge < -0.3 is 9.64 Å². The molecule has 3 atom stereocenters. The lowest BCUT2D eigenvalue weighted by atomic mass is 9.95. The summed E-state index contributed by atoms with van der Waals surface area (Å²) in [7, 11) is 0. The molecule has 0 aromatic heterocycles. The summed E-state index contributed by atoms with van der Waals surface area (Å²) in [5.41, 5.74) is 5.63. The van der Waals surface area contributed by atoms with Gasteiger partial charge in [-0.1, -0.05) is 44.7 Å². The molecule has 0 spiro atoms. The average Bonchev–Trinajstić information content (AvgIpc) is 3.79. The number of aliphatic imine (C=N–C) groups is 2. The van der Waals surface area contributed by atoms with Gasteiger partial charge in [0.15, 0.2) is 0 Å². The molecule has 44 heavy (non-hydrogen) atoms. The molecule has 0 aliphatic carbocycles. The molecule has 0 N–H and O–H groups in total. The van der Waals surface area contributed by atoms with Crippen molar-refractivity contribution in [2.45, 2.75) is 97.8 Å². The monoisotopic (exact) mass is 592 g/mol. The Labute approximate surface area is 262 Å². The molecule has 1 aromatic carbocycles. The van der Waals surface area contributed by atoms with E-state index < -0.39 is 5.60 Å². The fourth-order valence-electron chi connectivity index (χ4n) is 6.11. The van der Waals surface area contributed by atoms with Crippen LogP contribution in [0.15, 0.2) is 52.2 Å². The Morgan fingerprint density at radius 2 is 1.48 bits per heavy atom. The van der Waals surface area contributed by atoms with E-state index in [4.69, 9.17) is 9.73 Å². The Bertz CT molecular complexity index is 1530. The number of hydrogen-bond acceptors (Lipinski definition) is 5. The number of carbonyl (C=O) groups is 2. The molecule has 2 fully saturated rings. The lowest BCUT2D eigenvalue weighted by Gasteiger charge is -2.29. The number of allylic oxidation sites excluding steroid dienone is 2. The SMILES string of the molecule is CC(C)[C@H](C)C(=O)N1CCC[C@H]1C1=NC=C(C#CC#Cc2ccc(C3=CN=C([C@@H]4CCCN4C(=O)OC(C)(C)C)C3)cc2)C1. The Kier molecular flexibility index (Phi) is 9.45. The third-order valence-corrected chi connectivity index (χ3v) is 8.84. The van der Waals surface area contributed by atoms with Gasteiger partial charge >= 0.3 is 6.09 Å². The first-order valence-corrected chi connectivity index (χ1v) is 15.9. The number of amides is 2. The number of hydrogen-bond donors (Lipinski definition) is 0. The summed E-state index contributed by atoms with van der Waals surface area (Å²) in [5, 5.41) is 0. The van der Waals surface area contributed by atoms with Crippen LogP contribution in [0.2, 0.25) is 0 Å². The Morgan fingerprint density at radius 1 is 0.864 bits per heavy atom. The van der Waals surface area contributed by atoms with Gasteiger partial charge in [0, 0.05) is 66.8 Å². The summed E-state index contributed by atoms with van der Waals surface area (Å²) in [4.78, 5) is 38.9. The van der Waals surface area contributed by atoms with Crippen molar-refractivity contribution in [1.82, 2.24) is 9.80 Å². The van der Waals surface area contributed by atoms with Gasteiger partial charge in [0.05, 0.1) is 12.1 Å². The maximum absolute atomic E-state index is 13.0. The summed E-state index contributed by atoms with van der Waals surface area (Å²) in [6.07, 6.45) is 8.75. The van der Waals surface area contributed by atoms with Crippen molar-refractivity contribution >= 4 is 29.0 Å². The first-order valence-electron chi connectivity index (χ1n) is 15.9. The number of nitrogens with zero attached hydrogens (tertiary/aromatic N) is 4. The van der Waals surface area contributed by atoms with Crippen LogP contribution < -0.4 is 0 Å². The van der Waals surface area contributed by atoms with Crippen molar-refractivity contribution in [3.63, 3.8) is 0 Å². The highest BCUT2D eigenvalue weighted by Crippen LogP contribution is 2.31. The first-order chi connectivity index (χ1) is 21.0. The van der Waals surface area contributed by atoms with E-state index in [0.29, 0.717) is 18.9 Å². The van der Waals surface area contributed by atoms with E-state index in [1.54, 1.807) is 0 Å². The number of carbonyl (C=O) groups excluding carboxylic acids is 2. The van der Waals surface area contributed by atoms with Gasteiger partial charge in [-0.15, -0.1) is 0 Å². The molecule has 1 aromatic rings. The highest BCUT2D eigenvalue weighted by molar-refractivity contribution is 6.03. The fourth-order valence-corrected chi connectivity index (χ4v) is 6.11. The zero-order chi connectivity index (χ0) is 31.4. The van der Waals surface area contributed by atoms with Crippen molar-refractivity contribution in [2.75, 3.05) is 13.1 Å². The predicted molar refractivity (Wildman–Crippen MR) is 176 cm³/mol. The summed E-state index contributed by atoms with van der Waals surface area (Å²) in [6.45, 7) is 13.4. The topological polar surface area (TPSA) is 74.6 Å². The second-order valence-electron chi connectivity index (χ2n) is 13.5. The molecule has 0 radical (unpaired) electrons. The largest absolute Gasteiger partial charge is 0.444 e. The Hall–Kier alpha value is -4.10. The highest BCUT2D eigenvalue weighted by atomic mass is 16.6.